The Labute approximate surface area is 122 Å². The molecule has 0 amide bonds. The Balaban J connectivity index is 2.21. The van der Waals surface area contributed by atoms with Crippen LogP contribution in [0.15, 0.2) is 48.5 Å². The fourth-order valence-electron chi connectivity index (χ4n) is 2.09. The standard InChI is InChI=1S/C16H15BrN2/c1-19(16-8-3-2-7-15(16)10-17)12-14-6-4-5-13(9-14)11-18/h2-9H,10,12H2,1H3. The average Bonchev–Trinajstić information content (AvgIpc) is 2.47. The van der Waals surface area contributed by atoms with Crippen LogP contribution < -0.4 is 4.90 Å². The highest BCUT2D eigenvalue weighted by Gasteiger charge is 2.06. The van der Waals surface area contributed by atoms with Gasteiger partial charge in [0.1, 0.15) is 0 Å². The Morgan fingerprint density at radius 3 is 2.68 bits per heavy atom. The second-order valence-corrected chi connectivity index (χ2v) is 4.99. The first kappa shape index (κ1) is 13.6. The molecule has 0 spiro atoms. The lowest BCUT2D eigenvalue weighted by molar-refractivity contribution is 0.916. The predicted molar refractivity (Wildman–Crippen MR) is 82.3 cm³/mol. The second kappa shape index (κ2) is 6.40. The number of nitriles is 1. The van der Waals surface area contributed by atoms with E-state index in [-0.39, 0.29) is 0 Å². The van der Waals surface area contributed by atoms with Crippen LogP contribution in [0.3, 0.4) is 0 Å². The van der Waals surface area contributed by atoms with Gasteiger partial charge in [-0.3, -0.25) is 0 Å². The van der Waals surface area contributed by atoms with E-state index < -0.39 is 0 Å². The normalized spacial score (nSPS) is 9.95. The zero-order valence-corrected chi connectivity index (χ0v) is 12.4. The third kappa shape index (κ3) is 3.36. The van der Waals surface area contributed by atoms with Gasteiger partial charge in [0, 0.05) is 24.6 Å². The van der Waals surface area contributed by atoms with Gasteiger partial charge in [-0.15, -0.1) is 0 Å². The first-order chi connectivity index (χ1) is 9.24. The molecule has 0 radical (unpaired) electrons. The number of nitrogens with zero attached hydrogens (tertiary/aromatic N) is 2. The summed E-state index contributed by atoms with van der Waals surface area (Å²) < 4.78 is 0. The minimum Gasteiger partial charge on any atom is -0.370 e. The van der Waals surface area contributed by atoms with E-state index in [4.69, 9.17) is 5.26 Å². The van der Waals surface area contributed by atoms with E-state index in [1.54, 1.807) is 0 Å². The first-order valence-electron chi connectivity index (χ1n) is 6.08. The van der Waals surface area contributed by atoms with Gasteiger partial charge in [-0.1, -0.05) is 46.3 Å². The molecule has 2 nitrogen and oxygen atoms in total. The van der Waals surface area contributed by atoms with Crippen LogP contribution in [0.1, 0.15) is 16.7 Å². The quantitative estimate of drug-likeness (QED) is 0.795. The van der Waals surface area contributed by atoms with Crippen molar-refractivity contribution in [2.24, 2.45) is 0 Å². The Bertz CT molecular complexity index is 602. The lowest BCUT2D eigenvalue weighted by atomic mass is 10.1. The molecule has 2 aromatic carbocycles. The fraction of sp³-hybridized carbons (Fsp3) is 0.188. The van der Waals surface area contributed by atoms with Gasteiger partial charge in [0.25, 0.3) is 0 Å². The highest BCUT2D eigenvalue weighted by Crippen LogP contribution is 2.23. The number of benzene rings is 2. The number of alkyl halides is 1. The summed E-state index contributed by atoms with van der Waals surface area (Å²) in [5.74, 6) is 0. The fourth-order valence-corrected chi connectivity index (χ4v) is 2.57. The number of hydrogen-bond acceptors (Lipinski definition) is 2. The van der Waals surface area contributed by atoms with Crippen LogP contribution in [0.4, 0.5) is 5.69 Å². The number of rotatable bonds is 4. The molecule has 96 valence electrons. The van der Waals surface area contributed by atoms with Gasteiger partial charge in [0.05, 0.1) is 11.6 Å². The number of hydrogen-bond donors (Lipinski definition) is 0. The Morgan fingerprint density at radius 1 is 1.16 bits per heavy atom. The molecule has 0 heterocycles. The molecule has 2 aromatic rings. The van der Waals surface area contributed by atoms with Crippen molar-refractivity contribution in [1.29, 1.82) is 5.26 Å². The lowest BCUT2D eigenvalue weighted by Gasteiger charge is -2.22. The average molecular weight is 315 g/mol. The Morgan fingerprint density at radius 2 is 1.95 bits per heavy atom. The maximum atomic E-state index is 8.93. The summed E-state index contributed by atoms with van der Waals surface area (Å²) in [4.78, 5) is 2.20. The van der Waals surface area contributed by atoms with E-state index in [9.17, 15) is 0 Å². The summed E-state index contributed by atoms with van der Waals surface area (Å²) in [6, 6.07) is 18.2. The Kier molecular flexibility index (Phi) is 4.59. The van der Waals surface area contributed by atoms with E-state index in [0.29, 0.717) is 5.56 Å². The second-order valence-electron chi connectivity index (χ2n) is 4.43. The monoisotopic (exact) mass is 314 g/mol. The maximum absolute atomic E-state index is 8.93. The van der Waals surface area contributed by atoms with Gasteiger partial charge in [0.2, 0.25) is 0 Å². The third-order valence-electron chi connectivity index (χ3n) is 3.02. The predicted octanol–water partition coefficient (Wildman–Crippen LogP) is 4.09. The van der Waals surface area contributed by atoms with Crippen molar-refractivity contribution in [1.82, 2.24) is 0 Å². The van der Waals surface area contributed by atoms with Crippen molar-refractivity contribution in [3.8, 4) is 6.07 Å². The van der Waals surface area contributed by atoms with Crippen molar-refractivity contribution in [2.45, 2.75) is 11.9 Å². The van der Waals surface area contributed by atoms with Crippen LogP contribution in [0.5, 0.6) is 0 Å². The number of para-hydroxylation sites is 1. The maximum Gasteiger partial charge on any atom is 0.0991 e. The summed E-state index contributed by atoms with van der Waals surface area (Å²) in [6.45, 7) is 0.791. The van der Waals surface area contributed by atoms with Crippen LogP contribution in [0.2, 0.25) is 0 Å². The van der Waals surface area contributed by atoms with E-state index in [2.05, 4.69) is 46.1 Å². The SMILES string of the molecule is CN(Cc1cccc(C#N)c1)c1ccccc1CBr. The molecule has 0 fully saturated rings. The van der Waals surface area contributed by atoms with Crippen molar-refractivity contribution in [2.75, 3.05) is 11.9 Å². The molecule has 0 atom stereocenters. The molecule has 0 aromatic heterocycles. The van der Waals surface area contributed by atoms with Gasteiger partial charge in [-0.25, -0.2) is 0 Å². The number of halogens is 1. The zero-order chi connectivity index (χ0) is 13.7. The molecule has 0 aliphatic heterocycles. The van der Waals surface area contributed by atoms with Gasteiger partial charge < -0.3 is 4.90 Å². The minimum atomic E-state index is 0.708. The molecule has 0 saturated carbocycles. The molecule has 2 rings (SSSR count). The van der Waals surface area contributed by atoms with Crippen molar-refractivity contribution in [3.05, 3.63) is 65.2 Å². The smallest absolute Gasteiger partial charge is 0.0991 e. The summed E-state index contributed by atoms with van der Waals surface area (Å²) in [6.07, 6.45) is 0. The molecule has 0 saturated heterocycles. The van der Waals surface area contributed by atoms with Crippen LogP contribution in [0.25, 0.3) is 0 Å². The molecule has 0 unspecified atom stereocenters. The van der Waals surface area contributed by atoms with Gasteiger partial charge in [0.15, 0.2) is 0 Å². The van der Waals surface area contributed by atoms with Crippen molar-refractivity contribution in [3.63, 3.8) is 0 Å². The summed E-state index contributed by atoms with van der Waals surface area (Å²) >= 11 is 3.52. The summed E-state index contributed by atoms with van der Waals surface area (Å²) in [5.41, 5.74) is 4.33. The molecule has 0 aliphatic carbocycles. The van der Waals surface area contributed by atoms with Gasteiger partial charge in [-0.05, 0) is 29.3 Å². The van der Waals surface area contributed by atoms with Crippen molar-refractivity contribution < 1.29 is 0 Å². The largest absolute Gasteiger partial charge is 0.370 e. The molecule has 19 heavy (non-hydrogen) atoms. The van der Waals surface area contributed by atoms with Crippen LogP contribution in [-0.2, 0) is 11.9 Å². The summed E-state index contributed by atoms with van der Waals surface area (Å²) in [7, 11) is 2.07. The zero-order valence-electron chi connectivity index (χ0n) is 10.8. The summed E-state index contributed by atoms with van der Waals surface area (Å²) in [5, 5.41) is 9.76. The van der Waals surface area contributed by atoms with Crippen LogP contribution in [-0.4, -0.2) is 7.05 Å². The van der Waals surface area contributed by atoms with E-state index >= 15 is 0 Å². The highest BCUT2D eigenvalue weighted by atomic mass is 79.9. The molecule has 3 heteroatoms. The molecular weight excluding hydrogens is 300 g/mol. The van der Waals surface area contributed by atoms with Gasteiger partial charge >= 0.3 is 0 Å². The minimum absolute atomic E-state index is 0.708. The van der Waals surface area contributed by atoms with Crippen LogP contribution in [0, 0.1) is 11.3 Å². The van der Waals surface area contributed by atoms with E-state index in [0.717, 1.165) is 17.4 Å². The molecule has 0 N–H and O–H groups in total. The number of anilines is 1. The third-order valence-corrected chi connectivity index (χ3v) is 3.63. The topological polar surface area (TPSA) is 27.0 Å². The van der Waals surface area contributed by atoms with Crippen LogP contribution >= 0.6 is 15.9 Å². The van der Waals surface area contributed by atoms with E-state index in [1.807, 2.05) is 36.4 Å². The lowest BCUT2D eigenvalue weighted by Crippen LogP contribution is -2.17. The van der Waals surface area contributed by atoms with Gasteiger partial charge in [-0.2, -0.15) is 5.26 Å². The molecule has 0 bridgehead atoms. The molecular formula is C16H15BrN2. The van der Waals surface area contributed by atoms with Crippen molar-refractivity contribution >= 4 is 21.6 Å². The highest BCUT2D eigenvalue weighted by molar-refractivity contribution is 9.08. The van der Waals surface area contributed by atoms with E-state index in [1.165, 1.54) is 11.3 Å². The Hall–Kier alpha value is -1.79. The first-order valence-corrected chi connectivity index (χ1v) is 7.21. The molecule has 0 aliphatic rings.